The quantitative estimate of drug-likeness (QED) is 0.870. The van der Waals surface area contributed by atoms with Gasteiger partial charge in [0.15, 0.2) is 0 Å². The number of ether oxygens (including phenoxy) is 1. The van der Waals surface area contributed by atoms with E-state index in [0.29, 0.717) is 12.5 Å². The number of carbonyl (C=O) groups excluding carboxylic acids is 1. The van der Waals surface area contributed by atoms with Crippen molar-refractivity contribution in [2.24, 2.45) is 0 Å². The molecule has 2 N–H and O–H groups in total. The SMILES string of the molecule is C[C@@H](CC[C@@H]1CCCO1)NC(=O)c1ccc(C(F)(F)F)[nH]c1=O. The summed E-state index contributed by atoms with van der Waals surface area (Å²) in [4.78, 5) is 25.3. The van der Waals surface area contributed by atoms with Crippen molar-refractivity contribution in [2.75, 3.05) is 6.61 Å². The number of hydrogen-bond acceptors (Lipinski definition) is 3. The lowest BCUT2D eigenvalue weighted by Crippen LogP contribution is -2.36. The highest BCUT2D eigenvalue weighted by Crippen LogP contribution is 2.26. The van der Waals surface area contributed by atoms with Gasteiger partial charge in [-0.1, -0.05) is 0 Å². The molecule has 1 aliphatic heterocycles. The zero-order valence-corrected chi connectivity index (χ0v) is 12.7. The van der Waals surface area contributed by atoms with Crippen LogP contribution in [-0.4, -0.2) is 29.6 Å². The Bertz CT molecular complexity index is 607. The highest BCUT2D eigenvalue weighted by molar-refractivity contribution is 5.93. The molecular formula is C15H19F3N2O3. The third-order valence-electron chi connectivity index (χ3n) is 3.78. The first kappa shape index (κ1) is 17.5. The Balaban J connectivity index is 1.93. The number of pyridine rings is 1. The fraction of sp³-hybridized carbons (Fsp3) is 0.600. The summed E-state index contributed by atoms with van der Waals surface area (Å²) >= 11 is 0. The van der Waals surface area contributed by atoms with E-state index in [1.807, 2.05) is 0 Å². The molecule has 0 spiro atoms. The number of carbonyl (C=O) groups is 1. The van der Waals surface area contributed by atoms with Crippen LogP contribution >= 0.6 is 0 Å². The third kappa shape index (κ3) is 4.82. The largest absolute Gasteiger partial charge is 0.431 e. The van der Waals surface area contributed by atoms with Crippen molar-refractivity contribution in [1.82, 2.24) is 10.3 Å². The van der Waals surface area contributed by atoms with Crippen LogP contribution in [0.15, 0.2) is 16.9 Å². The van der Waals surface area contributed by atoms with E-state index in [-0.39, 0.29) is 17.7 Å². The summed E-state index contributed by atoms with van der Waals surface area (Å²) in [5, 5.41) is 2.62. The Morgan fingerprint density at radius 1 is 1.48 bits per heavy atom. The molecule has 5 nitrogen and oxygen atoms in total. The minimum atomic E-state index is -4.65. The molecule has 2 rings (SSSR count). The van der Waals surface area contributed by atoms with Gasteiger partial charge in [0, 0.05) is 12.6 Å². The maximum absolute atomic E-state index is 12.5. The molecule has 2 atom stereocenters. The van der Waals surface area contributed by atoms with Crippen LogP contribution in [0.2, 0.25) is 0 Å². The fourth-order valence-electron chi connectivity index (χ4n) is 2.50. The van der Waals surface area contributed by atoms with Crippen molar-refractivity contribution >= 4 is 5.91 Å². The standard InChI is InChI=1S/C15H19F3N2O3/c1-9(4-5-10-3-2-8-23-10)19-13(21)11-6-7-12(15(16,17)18)20-14(11)22/h6-7,9-10H,2-5,8H2,1H3,(H,19,21)(H,20,22)/t9-,10-/m0/s1. The normalized spacial score (nSPS) is 19.6. The topological polar surface area (TPSA) is 71.2 Å². The number of aromatic amines is 1. The number of aromatic nitrogens is 1. The van der Waals surface area contributed by atoms with Crippen molar-refractivity contribution < 1.29 is 22.7 Å². The molecule has 1 amide bonds. The van der Waals surface area contributed by atoms with Gasteiger partial charge in [-0.2, -0.15) is 13.2 Å². The van der Waals surface area contributed by atoms with Crippen LogP contribution in [0.4, 0.5) is 13.2 Å². The molecule has 0 radical (unpaired) electrons. The second-order valence-corrected chi connectivity index (χ2v) is 5.70. The van der Waals surface area contributed by atoms with E-state index in [9.17, 15) is 22.8 Å². The number of halogens is 3. The molecule has 23 heavy (non-hydrogen) atoms. The summed E-state index contributed by atoms with van der Waals surface area (Å²) in [7, 11) is 0. The van der Waals surface area contributed by atoms with Gasteiger partial charge in [0.2, 0.25) is 0 Å². The maximum atomic E-state index is 12.5. The number of hydrogen-bond donors (Lipinski definition) is 2. The van der Waals surface area contributed by atoms with Crippen LogP contribution < -0.4 is 10.9 Å². The third-order valence-corrected chi connectivity index (χ3v) is 3.78. The molecule has 0 aromatic carbocycles. The van der Waals surface area contributed by atoms with E-state index < -0.39 is 23.3 Å². The van der Waals surface area contributed by atoms with Crippen molar-refractivity contribution in [2.45, 2.75) is 50.9 Å². The Labute approximate surface area is 131 Å². The number of rotatable bonds is 5. The number of nitrogens with one attached hydrogen (secondary N) is 2. The van der Waals surface area contributed by atoms with Crippen LogP contribution in [0.5, 0.6) is 0 Å². The summed E-state index contributed by atoms with van der Waals surface area (Å²) in [6.07, 6.45) is -0.947. The van der Waals surface area contributed by atoms with Crippen molar-refractivity contribution in [3.63, 3.8) is 0 Å². The van der Waals surface area contributed by atoms with E-state index in [1.165, 1.54) is 0 Å². The van der Waals surface area contributed by atoms with Gasteiger partial charge >= 0.3 is 6.18 Å². The first-order valence-electron chi connectivity index (χ1n) is 7.50. The number of H-pyrrole nitrogens is 1. The molecule has 1 aliphatic rings. The molecule has 1 fully saturated rings. The Morgan fingerprint density at radius 2 is 2.22 bits per heavy atom. The number of amides is 1. The lowest BCUT2D eigenvalue weighted by Gasteiger charge is -2.16. The van der Waals surface area contributed by atoms with Gasteiger partial charge < -0.3 is 15.0 Å². The second-order valence-electron chi connectivity index (χ2n) is 5.70. The molecule has 0 saturated carbocycles. The molecule has 2 heterocycles. The average molecular weight is 332 g/mol. The van der Waals surface area contributed by atoms with Crippen LogP contribution in [0.25, 0.3) is 0 Å². The van der Waals surface area contributed by atoms with Crippen molar-refractivity contribution in [3.8, 4) is 0 Å². The molecule has 128 valence electrons. The summed E-state index contributed by atoms with van der Waals surface area (Å²) in [5.74, 6) is -0.681. The van der Waals surface area contributed by atoms with Crippen molar-refractivity contribution in [1.29, 1.82) is 0 Å². The average Bonchev–Trinajstić information content (AvgIpc) is 2.97. The highest BCUT2D eigenvalue weighted by Gasteiger charge is 2.32. The monoisotopic (exact) mass is 332 g/mol. The van der Waals surface area contributed by atoms with Gasteiger partial charge in [-0.05, 0) is 44.7 Å². The summed E-state index contributed by atoms with van der Waals surface area (Å²) in [6.45, 7) is 2.54. The first-order chi connectivity index (χ1) is 10.8. The molecule has 1 saturated heterocycles. The Kier molecular flexibility index (Phi) is 5.46. The van der Waals surface area contributed by atoms with Gasteiger partial charge in [0.1, 0.15) is 11.3 Å². The Morgan fingerprint density at radius 3 is 2.78 bits per heavy atom. The van der Waals surface area contributed by atoms with Crippen LogP contribution in [-0.2, 0) is 10.9 Å². The smallest absolute Gasteiger partial charge is 0.378 e. The molecule has 8 heteroatoms. The number of alkyl halides is 3. The molecule has 0 unspecified atom stereocenters. The Hall–Kier alpha value is -1.83. The van der Waals surface area contributed by atoms with E-state index in [2.05, 4.69) is 5.32 Å². The van der Waals surface area contributed by atoms with Crippen molar-refractivity contribution in [3.05, 3.63) is 33.7 Å². The second kappa shape index (κ2) is 7.16. The zero-order chi connectivity index (χ0) is 17.0. The van der Waals surface area contributed by atoms with Gasteiger partial charge in [-0.3, -0.25) is 9.59 Å². The molecule has 1 aromatic heterocycles. The first-order valence-corrected chi connectivity index (χ1v) is 7.50. The van der Waals surface area contributed by atoms with Crippen LogP contribution in [0.1, 0.15) is 48.7 Å². The van der Waals surface area contributed by atoms with Crippen LogP contribution in [0, 0.1) is 0 Å². The maximum Gasteiger partial charge on any atom is 0.431 e. The molecule has 0 bridgehead atoms. The zero-order valence-electron chi connectivity index (χ0n) is 12.7. The van der Waals surface area contributed by atoms with E-state index >= 15 is 0 Å². The van der Waals surface area contributed by atoms with E-state index in [0.717, 1.165) is 31.9 Å². The fourth-order valence-corrected chi connectivity index (χ4v) is 2.50. The van der Waals surface area contributed by atoms with Gasteiger partial charge in [0.25, 0.3) is 11.5 Å². The van der Waals surface area contributed by atoms with Gasteiger partial charge in [-0.25, -0.2) is 0 Å². The molecule has 0 aliphatic carbocycles. The minimum Gasteiger partial charge on any atom is -0.378 e. The predicted molar refractivity (Wildman–Crippen MR) is 77.2 cm³/mol. The van der Waals surface area contributed by atoms with E-state index in [1.54, 1.807) is 11.9 Å². The predicted octanol–water partition coefficient (Wildman–Crippen LogP) is 2.47. The van der Waals surface area contributed by atoms with Gasteiger partial charge in [-0.15, -0.1) is 0 Å². The molecule has 1 aromatic rings. The summed E-state index contributed by atoms with van der Waals surface area (Å²) in [5.41, 5.74) is -2.56. The van der Waals surface area contributed by atoms with E-state index in [4.69, 9.17) is 4.74 Å². The highest BCUT2D eigenvalue weighted by atomic mass is 19.4. The summed E-state index contributed by atoms with van der Waals surface area (Å²) < 4.78 is 42.9. The van der Waals surface area contributed by atoms with Gasteiger partial charge in [0.05, 0.1) is 6.10 Å². The lowest BCUT2D eigenvalue weighted by atomic mass is 10.1. The molecular weight excluding hydrogens is 313 g/mol. The van der Waals surface area contributed by atoms with Crippen LogP contribution in [0.3, 0.4) is 0 Å². The summed E-state index contributed by atoms with van der Waals surface area (Å²) in [6, 6.07) is 1.38. The minimum absolute atomic E-state index is 0.198. The lowest BCUT2D eigenvalue weighted by molar-refractivity contribution is -0.141.